The molecule has 0 heterocycles. The summed E-state index contributed by atoms with van der Waals surface area (Å²) in [5, 5.41) is 7.98. The topological polar surface area (TPSA) is 72.8 Å². The van der Waals surface area contributed by atoms with Crippen molar-refractivity contribution in [2.24, 2.45) is 23.7 Å². The van der Waals surface area contributed by atoms with E-state index in [2.05, 4.69) is 13.8 Å². The first-order valence-corrected chi connectivity index (χ1v) is 11.5. The van der Waals surface area contributed by atoms with Crippen molar-refractivity contribution in [1.82, 2.24) is 0 Å². The van der Waals surface area contributed by atoms with E-state index in [0.717, 1.165) is 25.7 Å². The fourth-order valence-electron chi connectivity index (χ4n) is 3.91. The molecule has 0 amide bonds. The van der Waals surface area contributed by atoms with Gasteiger partial charge in [-0.05, 0) is 51.4 Å². The third-order valence-electron chi connectivity index (χ3n) is 5.64. The minimum absolute atomic E-state index is 0. The number of hydrogen-bond acceptors (Lipinski definition) is 5. The summed E-state index contributed by atoms with van der Waals surface area (Å²) in [5.74, 6) is 1.70. The average molecular weight is 441 g/mol. The van der Waals surface area contributed by atoms with Crippen LogP contribution in [0.4, 0.5) is 0 Å². The van der Waals surface area contributed by atoms with Crippen molar-refractivity contribution in [3.05, 3.63) is 24.3 Å². The zero-order valence-electron chi connectivity index (χ0n) is 19.8. The number of esters is 2. The van der Waals surface area contributed by atoms with Gasteiger partial charge in [0.05, 0.1) is 25.6 Å². The lowest BCUT2D eigenvalue weighted by atomic mass is 9.82. The molecule has 182 valence electrons. The highest BCUT2D eigenvalue weighted by atomic mass is 16.5. The predicted octanol–water partition coefficient (Wildman–Crippen LogP) is 6.11. The number of carbonyl (C=O) groups is 2. The Kier molecular flexibility index (Phi) is 20.7. The van der Waals surface area contributed by atoms with Gasteiger partial charge in [-0.15, -0.1) is 0 Å². The van der Waals surface area contributed by atoms with Crippen LogP contribution in [0.25, 0.3) is 0 Å². The summed E-state index contributed by atoms with van der Waals surface area (Å²) in [5.41, 5.74) is 0. The Morgan fingerprint density at radius 1 is 0.871 bits per heavy atom. The summed E-state index contributed by atoms with van der Waals surface area (Å²) >= 11 is 0. The van der Waals surface area contributed by atoms with Crippen LogP contribution in [-0.2, 0) is 19.1 Å². The Labute approximate surface area is 191 Å². The smallest absolute Gasteiger partial charge is 0.309 e. The molecule has 31 heavy (non-hydrogen) atoms. The molecular weight excluding hydrogens is 392 g/mol. The minimum atomic E-state index is -0.0171. The second-order valence-corrected chi connectivity index (χ2v) is 8.41. The normalized spacial score (nSPS) is 25.4. The maximum Gasteiger partial charge on any atom is 0.309 e. The lowest BCUT2D eigenvalue weighted by Gasteiger charge is -2.24. The lowest BCUT2D eigenvalue weighted by Crippen LogP contribution is -2.23. The van der Waals surface area contributed by atoms with E-state index in [1.165, 1.54) is 32.8 Å². The molecule has 2 aliphatic rings. The molecule has 2 saturated carbocycles. The number of rotatable bonds is 5. The summed E-state index contributed by atoms with van der Waals surface area (Å²) in [7, 11) is 1.47. The van der Waals surface area contributed by atoms with Crippen LogP contribution in [0.5, 0.6) is 0 Å². The zero-order chi connectivity index (χ0) is 22.8. The van der Waals surface area contributed by atoms with Crippen molar-refractivity contribution < 1.29 is 24.2 Å². The number of hydrogen-bond donors (Lipinski definition) is 1. The van der Waals surface area contributed by atoms with Gasteiger partial charge in [-0.2, -0.15) is 0 Å². The number of methoxy groups -OCH3 is 1. The monoisotopic (exact) mass is 440 g/mol. The summed E-state index contributed by atoms with van der Waals surface area (Å²) in [4.78, 5) is 22.7. The summed E-state index contributed by atoms with van der Waals surface area (Å²) in [6.45, 7) is 8.81. The molecule has 2 fully saturated rings. The van der Waals surface area contributed by atoms with E-state index in [9.17, 15) is 9.59 Å². The van der Waals surface area contributed by atoms with Crippen LogP contribution in [0.3, 0.4) is 0 Å². The maximum atomic E-state index is 11.6. The molecule has 2 rings (SSSR count). The number of aliphatic hydroxyl groups is 1. The Morgan fingerprint density at radius 2 is 1.35 bits per heavy atom. The number of allylic oxidation sites excluding steroid dienone is 2. The Bertz CT molecular complexity index is 512. The highest BCUT2D eigenvalue weighted by Crippen LogP contribution is 2.30. The van der Waals surface area contributed by atoms with Crippen molar-refractivity contribution in [2.45, 2.75) is 86.5 Å². The SMILES string of the molecule is C.C/C=C/CO.C/C=C/COC(=O)C1CCCC(C)C1.COC(=O)C1CCCC(C)C1. The molecule has 1 N–H and O–H groups in total. The van der Waals surface area contributed by atoms with Gasteiger partial charge in [-0.25, -0.2) is 0 Å². The van der Waals surface area contributed by atoms with Crippen molar-refractivity contribution in [2.75, 3.05) is 20.3 Å². The van der Waals surface area contributed by atoms with Gasteiger partial charge in [0.1, 0.15) is 6.61 Å². The van der Waals surface area contributed by atoms with E-state index >= 15 is 0 Å². The summed E-state index contributed by atoms with van der Waals surface area (Å²) in [6.07, 6.45) is 16.2. The van der Waals surface area contributed by atoms with Gasteiger partial charge in [-0.3, -0.25) is 9.59 Å². The molecule has 0 aromatic carbocycles. The Balaban J connectivity index is 0. The van der Waals surface area contributed by atoms with Gasteiger partial charge in [0.2, 0.25) is 0 Å². The molecule has 0 aromatic heterocycles. The third-order valence-corrected chi connectivity index (χ3v) is 5.64. The van der Waals surface area contributed by atoms with Gasteiger partial charge in [0.15, 0.2) is 0 Å². The third kappa shape index (κ3) is 15.8. The second-order valence-electron chi connectivity index (χ2n) is 8.41. The van der Waals surface area contributed by atoms with Crippen LogP contribution >= 0.6 is 0 Å². The van der Waals surface area contributed by atoms with Gasteiger partial charge in [0.25, 0.3) is 0 Å². The molecule has 0 bridgehead atoms. The van der Waals surface area contributed by atoms with Crippen molar-refractivity contribution in [1.29, 1.82) is 0 Å². The zero-order valence-corrected chi connectivity index (χ0v) is 19.8. The average Bonchev–Trinajstić information content (AvgIpc) is 2.75. The van der Waals surface area contributed by atoms with Crippen molar-refractivity contribution in [3.8, 4) is 0 Å². The molecule has 0 spiro atoms. The van der Waals surface area contributed by atoms with Crippen LogP contribution in [0.1, 0.15) is 86.5 Å². The fraction of sp³-hybridized carbons (Fsp3) is 0.769. The molecule has 5 heteroatoms. The maximum absolute atomic E-state index is 11.6. The van der Waals surface area contributed by atoms with Gasteiger partial charge in [0, 0.05) is 0 Å². The predicted molar refractivity (Wildman–Crippen MR) is 129 cm³/mol. The number of ether oxygens (including phenoxy) is 2. The molecule has 0 radical (unpaired) electrons. The Hall–Kier alpha value is -1.62. The number of aliphatic hydroxyl groups excluding tert-OH is 1. The van der Waals surface area contributed by atoms with E-state index in [0.29, 0.717) is 18.4 Å². The fourth-order valence-corrected chi connectivity index (χ4v) is 3.91. The van der Waals surface area contributed by atoms with E-state index < -0.39 is 0 Å². The summed E-state index contributed by atoms with van der Waals surface area (Å²) < 4.78 is 9.84. The van der Waals surface area contributed by atoms with Crippen LogP contribution in [0, 0.1) is 23.7 Å². The lowest BCUT2D eigenvalue weighted by molar-refractivity contribution is -0.149. The van der Waals surface area contributed by atoms with E-state index in [1.807, 2.05) is 26.0 Å². The number of carbonyl (C=O) groups excluding carboxylic acids is 2. The quantitative estimate of drug-likeness (QED) is 0.412. The van der Waals surface area contributed by atoms with E-state index in [1.54, 1.807) is 12.2 Å². The van der Waals surface area contributed by atoms with E-state index in [4.69, 9.17) is 14.6 Å². The first kappa shape index (κ1) is 31.6. The molecule has 4 unspecified atom stereocenters. The molecule has 4 atom stereocenters. The highest BCUT2D eigenvalue weighted by molar-refractivity contribution is 5.72. The van der Waals surface area contributed by atoms with Gasteiger partial charge >= 0.3 is 11.9 Å². The molecule has 0 saturated heterocycles. The van der Waals surface area contributed by atoms with Gasteiger partial charge < -0.3 is 14.6 Å². The molecule has 0 aliphatic heterocycles. The largest absolute Gasteiger partial charge is 0.469 e. The molecule has 5 nitrogen and oxygen atoms in total. The second kappa shape index (κ2) is 20.3. The highest BCUT2D eigenvalue weighted by Gasteiger charge is 2.26. The van der Waals surface area contributed by atoms with Crippen LogP contribution in [0.2, 0.25) is 0 Å². The molecular formula is C26H48O5. The van der Waals surface area contributed by atoms with Crippen LogP contribution < -0.4 is 0 Å². The van der Waals surface area contributed by atoms with Crippen molar-refractivity contribution in [3.63, 3.8) is 0 Å². The molecule has 0 aromatic rings. The van der Waals surface area contributed by atoms with Crippen LogP contribution in [-0.4, -0.2) is 37.4 Å². The standard InChI is InChI=1S/C12H20O2.C9H16O2.C4H8O.CH4/c1-3-4-8-14-12(13)11-7-5-6-10(2)9-11;1-7-4-3-5-8(6-7)9(10)11-2;1-2-3-4-5;/h3-4,10-11H,5-9H2,1-2H3;7-8H,3-6H2,1-2H3;2-3,5H,4H2,1H3;1H4/b4-3+;;3-2+;. The first-order chi connectivity index (χ1) is 14.4. The van der Waals surface area contributed by atoms with E-state index in [-0.39, 0.29) is 37.8 Å². The molecule has 2 aliphatic carbocycles. The van der Waals surface area contributed by atoms with Crippen LogP contribution in [0.15, 0.2) is 24.3 Å². The van der Waals surface area contributed by atoms with Crippen molar-refractivity contribution >= 4 is 11.9 Å². The van der Waals surface area contributed by atoms with Gasteiger partial charge in [-0.1, -0.05) is 71.3 Å². The Morgan fingerprint density at radius 3 is 1.71 bits per heavy atom. The first-order valence-electron chi connectivity index (χ1n) is 11.5. The minimum Gasteiger partial charge on any atom is -0.469 e. The summed E-state index contributed by atoms with van der Waals surface area (Å²) in [6, 6.07) is 0.